The quantitative estimate of drug-likeness (QED) is 0.460. The molecule has 4 heteroatoms. The predicted octanol–water partition coefficient (Wildman–Crippen LogP) is 0.937. The zero-order chi connectivity index (χ0) is 13.3. The van der Waals surface area contributed by atoms with Crippen LogP contribution in [-0.2, 0) is 0 Å². The molecule has 0 rings (SSSR count). The van der Waals surface area contributed by atoms with Crippen molar-refractivity contribution in [1.29, 1.82) is 0 Å². The Morgan fingerprint density at radius 1 is 0.765 bits per heavy atom. The second kappa shape index (κ2) is 9.83. The van der Waals surface area contributed by atoms with E-state index < -0.39 is 0 Å². The van der Waals surface area contributed by atoms with Gasteiger partial charge >= 0.3 is 0 Å². The lowest BCUT2D eigenvalue weighted by atomic mass is 9.95. The highest BCUT2D eigenvalue weighted by molar-refractivity contribution is 4.78. The topological polar surface area (TPSA) is 90.1 Å². The van der Waals surface area contributed by atoms with Crippen LogP contribution >= 0.6 is 0 Å². The number of rotatable bonds is 10. The Balaban J connectivity index is 3.86. The van der Waals surface area contributed by atoms with E-state index in [1.165, 1.54) is 0 Å². The summed E-state index contributed by atoms with van der Waals surface area (Å²) in [7, 11) is 0. The zero-order valence-corrected chi connectivity index (χ0v) is 11.8. The summed E-state index contributed by atoms with van der Waals surface area (Å²) in [6.07, 6.45) is 4.85. The van der Waals surface area contributed by atoms with Crippen LogP contribution in [0.3, 0.4) is 0 Å². The fourth-order valence-corrected chi connectivity index (χ4v) is 2.19. The fourth-order valence-electron chi connectivity index (χ4n) is 2.19. The smallest absolute Gasteiger partial charge is 0.00790 e. The number of hydrogen-bond acceptors (Lipinski definition) is 4. The largest absolute Gasteiger partial charge is 0.328 e. The Bertz CT molecular complexity index is 175. The molecule has 0 aliphatic rings. The van der Waals surface area contributed by atoms with Crippen LogP contribution in [0.2, 0.25) is 0 Å². The monoisotopic (exact) mass is 244 g/mol. The normalized spacial score (nSPS) is 18.7. The van der Waals surface area contributed by atoms with E-state index in [1.807, 2.05) is 0 Å². The van der Waals surface area contributed by atoms with E-state index in [-0.39, 0.29) is 18.1 Å². The minimum atomic E-state index is 0.138. The average Bonchev–Trinajstić information content (AvgIpc) is 2.27. The van der Waals surface area contributed by atoms with Crippen molar-refractivity contribution in [3.63, 3.8) is 0 Å². The molecule has 0 aliphatic heterocycles. The summed E-state index contributed by atoms with van der Waals surface area (Å²) in [5, 5.41) is 3.44. The molecule has 0 saturated carbocycles. The van der Waals surface area contributed by atoms with Gasteiger partial charge < -0.3 is 22.5 Å². The summed E-state index contributed by atoms with van der Waals surface area (Å²) < 4.78 is 0. The van der Waals surface area contributed by atoms with Gasteiger partial charge in [0, 0.05) is 24.2 Å². The molecule has 0 saturated heterocycles. The van der Waals surface area contributed by atoms with E-state index in [0.717, 1.165) is 38.6 Å². The van der Waals surface area contributed by atoms with Gasteiger partial charge in [-0.25, -0.2) is 0 Å². The Morgan fingerprint density at radius 2 is 1.29 bits per heavy atom. The maximum absolute atomic E-state index is 6.14. The summed E-state index contributed by atoms with van der Waals surface area (Å²) >= 11 is 0. The molecule has 0 radical (unpaired) electrons. The second-order valence-electron chi connectivity index (χ2n) is 5.06. The van der Waals surface area contributed by atoms with Crippen LogP contribution in [0.4, 0.5) is 0 Å². The number of hydrogen-bond donors (Lipinski definition) is 4. The summed E-state index contributed by atoms with van der Waals surface area (Å²) in [6.45, 7) is 7.40. The Kier molecular flexibility index (Phi) is 9.74. The van der Waals surface area contributed by atoms with Crippen molar-refractivity contribution in [3.05, 3.63) is 0 Å². The van der Waals surface area contributed by atoms with Gasteiger partial charge in [-0.15, -0.1) is 0 Å². The lowest BCUT2D eigenvalue weighted by Gasteiger charge is -2.24. The first-order chi connectivity index (χ1) is 8.03. The van der Waals surface area contributed by atoms with Crippen molar-refractivity contribution in [3.8, 4) is 0 Å². The molecule has 0 fully saturated rings. The van der Waals surface area contributed by atoms with Crippen molar-refractivity contribution in [1.82, 2.24) is 5.32 Å². The SMILES string of the molecule is CCNC(CC)CC(N)CC(N)CC(N)CC. The molecule has 0 spiro atoms. The van der Waals surface area contributed by atoms with Gasteiger partial charge in [0.1, 0.15) is 0 Å². The highest BCUT2D eigenvalue weighted by Crippen LogP contribution is 2.09. The first kappa shape index (κ1) is 16.8. The molecule has 0 aromatic rings. The molecule has 0 heterocycles. The molecule has 4 unspecified atom stereocenters. The van der Waals surface area contributed by atoms with Gasteiger partial charge in [-0.2, -0.15) is 0 Å². The van der Waals surface area contributed by atoms with E-state index in [0.29, 0.717) is 6.04 Å². The van der Waals surface area contributed by atoms with Crippen molar-refractivity contribution in [2.75, 3.05) is 6.54 Å². The molecule has 17 heavy (non-hydrogen) atoms. The lowest BCUT2D eigenvalue weighted by molar-refractivity contribution is 0.387. The molecule has 0 aromatic carbocycles. The summed E-state index contributed by atoms with van der Waals surface area (Å²) in [4.78, 5) is 0. The van der Waals surface area contributed by atoms with Crippen molar-refractivity contribution < 1.29 is 0 Å². The summed E-state index contributed by atoms with van der Waals surface area (Å²) in [5.41, 5.74) is 18.1. The molecule has 104 valence electrons. The van der Waals surface area contributed by atoms with Crippen LogP contribution in [-0.4, -0.2) is 30.7 Å². The molecule has 0 bridgehead atoms. The molecule has 4 atom stereocenters. The Hall–Kier alpha value is -0.160. The van der Waals surface area contributed by atoms with Gasteiger partial charge in [-0.05, 0) is 38.6 Å². The summed E-state index contributed by atoms with van der Waals surface area (Å²) in [5.74, 6) is 0. The maximum Gasteiger partial charge on any atom is 0.00790 e. The van der Waals surface area contributed by atoms with Gasteiger partial charge in [-0.1, -0.05) is 20.8 Å². The zero-order valence-electron chi connectivity index (χ0n) is 11.8. The van der Waals surface area contributed by atoms with Gasteiger partial charge in [0.2, 0.25) is 0 Å². The number of nitrogens with two attached hydrogens (primary N) is 3. The Labute approximate surface area is 107 Å². The van der Waals surface area contributed by atoms with E-state index in [1.54, 1.807) is 0 Å². The third-order valence-corrected chi connectivity index (χ3v) is 3.31. The van der Waals surface area contributed by atoms with Crippen LogP contribution in [0.15, 0.2) is 0 Å². The molecular formula is C13H32N4. The third-order valence-electron chi connectivity index (χ3n) is 3.31. The van der Waals surface area contributed by atoms with Crippen LogP contribution in [0, 0.1) is 0 Å². The number of nitrogens with one attached hydrogen (secondary N) is 1. The van der Waals surface area contributed by atoms with Crippen LogP contribution in [0.1, 0.15) is 52.9 Å². The van der Waals surface area contributed by atoms with E-state index >= 15 is 0 Å². The second-order valence-corrected chi connectivity index (χ2v) is 5.06. The molecule has 4 nitrogen and oxygen atoms in total. The van der Waals surface area contributed by atoms with Gasteiger partial charge in [0.25, 0.3) is 0 Å². The highest BCUT2D eigenvalue weighted by atomic mass is 14.9. The van der Waals surface area contributed by atoms with Gasteiger partial charge in [0.05, 0.1) is 0 Å². The predicted molar refractivity (Wildman–Crippen MR) is 75.8 cm³/mol. The van der Waals surface area contributed by atoms with Crippen molar-refractivity contribution in [2.24, 2.45) is 17.2 Å². The highest BCUT2D eigenvalue weighted by Gasteiger charge is 2.15. The fraction of sp³-hybridized carbons (Fsp3) is 1.00. The Morgan fingerprint density at radius 3 is 1.76 bits per heavy atom. The van der Waals surface area contributed by atoms with E-state index in [4.69, 9.17) is 17.2 Å². The van der Waals surface area contributed by atoms with Gasteiger partial charge in [-0.3, -0.25) is 0 Å². The first-order valence-electron chi connectivity index (χ1n) is 7.03. The van der Waals surface area contributed by atoms with Crippen LogP contribution in [0.5, 0.6) is 0 Å². The molecule has 0 aliphatic carbocycles. The van der Waals surface area contributed by atoms with Crippen LogP contribution < -0.4 is 22.5 Å². The van der Waals surface area contributed by atoms with Crippen molar-refractivity contribution in [2.45, 2.75) is 77.0 Å². The molecular weight excluding hydrogens is 212 g/mol. The molecule has 0 aromatic heterocycles. The molecule has 7 N–H and O–H groups in total. The minimum Gasteiger partial charge on any atom is -0.328 e. The average molecular weight is 244 g/mol. The van der Waals surface area contributed by atoms with E-state index in [9.17, 15) is 0 Å². The first-order valence-corrected chi connectivity index (χ1v) is 7.03. The minimum absolute atomic E-state index is 0.138. The van der Waals surface area contributed by atoms with E-state index in [2.05, 4.69) is 26.1 Å². The lowest BCUT2D eigenvalue weighted by Crippen LogP contribution is -2.40. The molecule has 0 amide bonds. The van der Waals surface area contributed by atoms with Crippen molar-refractivity contribution >= 4 is 0 Å². The van der Waals surface area contributed by atoms with Crippen LogP contribution in [0.25, 0.3) is 0 Å². The third kappa shape index (κ3) is 8.55. The standard InChI is InChI=1S/C13H32N4/c1-4-10(14)7-11(15)8-12(16)9-13(5-2)17-6-3/h10-13,17H,4-9,14-16H2,1-3H3. The van der Waals surface area contributed by atoms with Gasteiger partial charge in [0.15, 0.2) is 0 Å². The maximum atomic E-state index is 6.14. The summed E-state index contributed by atoms with van der Waals surface area (Å²) in [6, 6.07) is 1.05.